The normalized spacial score (nSPS) is 19.0. The van der Waals surface area contributed by atoms with Crippen molar-refractivity contribution in [1.29, 1.82) is 5.26 Å². The lowest BCUT2D eigenvalue weighted by atomic mass is 9.97. The summed E-state index contributed by atoms with van der Waals surface area (Å²) in [6, 6.07) is 9.23. The Bertz CT molecular complexity index is 664. The summed E-state index contributed by atoms with van der Waals surface area (Å²) in [6.07, 6.45) is 5.10. The Balaban J connectivity index is 2.51. The fourth-order valence-corrected chi connectivity index (χ4v) is 2.24. The number of nitrogens with zero attached hydrogens (tertiary/aromatic N) is 2. The van der Waals surface area contributed by atoms with E-state index in [-0.39, 0.29) is 0 Å². The van der Waals surface area contributed by atoms with Crippen LogP contribution < -0.4 is 0 Å². The van der Waals surface area contributed by atoms with Crippen LogP contribution in [0.1, 0.15) is 5.56 Å². The van der Waals surface area contributed by atoms with E-state index in [0.717, 1.165) is 11.1 Å². The maximum absolute atomic E-state index is 9.31. The van der Waals surface area contributed by atoms with E-state index >= 15 is 0 Å². The third kappa shape index (κ3) is 2.95. The summed E-state index contributed by atoms with van der Waals surface area (Å²) in [7, 11) is 0. The lowest BCUT2D eigenvalue weighted by molar-refractivity contribution is 0.320. The molecule has 3 nitrogen and oxygen atoms in total. The highest BCUT2D eigenvalue weighted by Gasteiger charge is 2.12. The third-order valence-electron chi connectivity index (χ3n) is 2.59. The molecule has 0 amide bonds. The fourth-order valence-electron chi connectivity index (χ4n) is 1.66. The van der Waals surface area contributed by atoms with Crippen molar-refractivity contribution in [2.24, 2.45) is 5.16 Å². The van der Waals surface area contributed by atoms with E-state index in [9.17, 15) is 5.26 Å². The van der Waals surface area contributed by atoms with Crippen LogP contribution in [0.3, 0.4) is 0 Å². The van der Waals surface area contributed by atoms with Crippen molar-refractivity contribution in [1.82, 2.24) is 0 Å². The predicted molar refractivity (Wildman–Crippen MR) is 79.4 cm³/mol. The third-order valence-corrected chi connectivity index (χ3v) is 3.48. The molecule has 2 rings (SSSR count). The molecule has 1 aromatic rings. The van der Waals surface area contributed by atoms with Crippen molar-refractivity contribution >= 4 is 38.8 Å². The Morgan fingerprint density at radius 2 is 1.95 bits per heavy atom. The first-order valence-corrected chi connectivity index (χ1v) is 6.51. The first-order chi connectivity index (χ1) is 9.15. The maximum atomic E-state index is 9.31. The number of halogens is 2. The molecule has 0 fully saturated rings. The molecule has 94 valence electrons. The van der Waals surface area contributed by atoms with Gasteiger partial charge in [-0.3, -0.25) is 0 Å². The van der Waals surface area contributed by atoms with Gasteiger partial charge in [0.25, 0.3) is 0 Å². The van der Waals surface area contributed by atoms with E-state index < -0.39 is 0 Å². The molecule has 0 atom stereocenters. The minimum Gasteiger partial charge on any atom is -0.410 e. The average Bonchev–Trinajstić information content (AvgIpc) is 2.42. The fraction of sp³-hybridized carbons (Fsp3) is 0. The molecular weight excluding hydrogens is 328 g/mol. The lowest BCUT2D eigenvalue weighted by Crippen LogP contribution is -2.00. The van der Waals surface area contributed by atoms with Crippen molar-refractivity contribution in [3.8, 4) is 6.07 Å². The number of allylic oxidation sites excluding steroid dienone is 6. The summed E-state index contributed by atoms with van der Waals surface area (Å²) in [5.74, 6) is 0. The molecule has 0 aromatic heterocycles. The topological polar surface area (TPSA) is 56.4 Å². The SMILES string of the molecule is N#CC(=C1C=CC(=NO)C(Br)=C1)c1ccc(Cl)cc1. The molecule has 0 unspecified atom stereocenters. The van der Waals surface area contributed by atoms with Gasteiger partial charge in [0.1, 0.15) is 11.8 Å². The summed E-state index contributed by atoms with van der Waals surface area (Å²) in [5, 5.41) is 21.8. The molecule has 0 saturated carbocycles. The number of hydrogen-bond donors (Lipinski definition) is 1. The minimum atomic E-state index is 0.414. The van der Waals surface area contributed by atoms with Crippen LogP contribution in [-0.4, -0.2) is 10.9 Å². The van der Waals surface area contributed by atoms with Crippen LogP contribution >= 0.6 is 27.5 Å². The molecule has 5 heteroatoms. The molecule has 0 radical (unpaired) electrons. The number of hydrogen-bond acceptors (Lipinski definition) is 3. The van der Waals surface area contributed by atoms with E-state index in [1.807, 2.05) is 0 Å². The molecule has 0 spiro atoms. The summed E-state index contributed by atoms with van der Waals surface area (Å²) in [4.78, 5) is 0. The van der Waals surface area contributed by atoms with Crippen molar-refractivity contribution in [2.75, 3.05) is 0 Å². The van der Waals surface area contributed by atoms with Gasteiger partial charge in [-0.15, -0.1) is 0 Å². The average molecular weight is 336 g/mol. The second kappa shape index (κ2) is 5.87. The van der Waals surface area contributed by atoms with Crippen molar-refractivity contribution in [2.45, 2.75) is 0 Å². The number of rotatable bonds is 1. The van der Waals surface area contributed by atoms with Crippen molar-refractivity contribution in [3.05, 3.63) is 63.1 Å². The lowest BCUT2D eigenvalue weighted by Gasteiger charge is -2.08. The van der Waals surface area contributed by atoms with Gasteiger partial charge >= 0.3 is 0 Å². The van der Waals surface area contributed by atoms with Crippen LogP contribution in [-0.2, 0) is 0 Å². The predicted octanol–water partition coefficient (Wildman–Crippen LogP) is 4.30. The van der Waals surface area contributed by atoms with E-state index in [0.29, 0.717) is 20.8 Å². The maximum Gasteiger partial charge on any atom is 0.116 e. The van der Waals surface area contributed by atoms with Crippen LogP contribution in [0.5, 0.6) is 0 Å². The van der Waals surface area contributed by atoms with E-state index in [4.69, 9.17) is 16.8 Å². The summed E-state index contributed by atoms with van der Waals surface area (Å²) in [6.45, 7) is 0. The second-order valence-electron chi connectivity index (χ2n) is 3.76. The van der Waals surface area contributed by atoms with Crippen LogP contribution in [0.4, 0.5) is 0 Å². The van der Waals surface area contributed by atoms with Crippen molar-refractivity contribution < 1.29 is 5.21 Å². The Hall–Kier alpha value is -1.83. The van der Waals surface area contributed by atoms with Gasteiger partial charge in [-0.25, -0.2) is 0 Å². The molecule has 0 saturated heterocycles. The molecule has 1 aliphatic carbocycles. The second-order valence-corrected chi connectivity index (χ2v) is 5.05. The molecular formula is C14H8BrClN2O. The van der Waals surface area contributed by atoms with Gasteiger partial charge in [0.15, 0.2) is 0 Å². The van der Waals surface area contributed by atoms with Gasteiger partial charge in [-0.05, 0) is 51.4 Å². The molecule has 1 aromatic carbocycles. The van der Waals surface area contributed by atoms with Gasteiger partial charge in [-0.2, -0.15) is 5.26 Å². The van der Waals surface area contributed by atoms with Gasteiger partial charge in [0, 0.05) is 9.51 Å². The van der Waals surface area contributed by atoms with Crippen molar-refractivity contribution in [3.63, 3.8) is 0 Å². The van der Waals surface area contributed by atoms with E-state index in [1.165, 1.54) is 0 Å². The number of nitriles is 1. The Morgan fingerprint density at radius 1 is 1.26 bits per heavy atom. The van der Waals surface area contributed by atoms with Gasteiger partial charge in [0.05, 0.1) is 5.57 Å². The van der Waals surface area contributed by atoms with Gasteiger partial charge in [-0.1, -0.05) is 35.0 Å². The smallest absolute Gasteiger partial charge is 0.116 e. The minimum absolute atomic E-state index is 0.414. The zero-order chi connectivity index (χ0) is 13.8. The molecule has 19 heavy (non-hydrogen) atoms. The van der Waals surface area contributed by atoms with Crippen LogP contribution in [0, 0.1) is 11.3 Å². The summed E-state index contributed by atoms with van der Waals surface area (Å²) < 4.78 is 0.620. The van der Waals surface area contributed by atoms with E-state index in [2.05, 4.69) is 27.2 Å². The quantitative estimate of drug-likeness (QED) is 0.473. The standard InChI is InChI=1S/C14H8BrClN2O/c15-13-7-10(3-6-14(13)18-19)12(8-17)9-1-4-11(16)5-2-9/h1-7,19H. The highest BCUT2D eigenvalue weighted by Crippen LogP contribution is 2.27. The zero-order valence-corrected chi connectivity index (χ0v) is 12.0. The molecule has 1 aliphatic rings. The van der Waals surface area contributed by atoms with Crippen LogP contribution in [0.15, 0.2) is 57.7 Å². The van der Waals surface area contributed by atoms with Gasteiger partial charge < -0.3 is 5.21 Å². The molecule has 0 bridgehead atoms. The summed E-state index contributed by atoms with van der Waals surface area (Å²) in [5.41, 5.74) is 2.47. The van der Waals surface area contributed by atoms with Gasteiger partial charge in [0.2, 0.25) is 0 Å². The Morgan fingerprint density at radius 3 is 2.47 bits per heavy atom. The first kappa shape index (κ1) is 13.6. The number of benzene rings is 1. The highest BCUT2D eigenvalue weighted by atomic mass is 79.9. The van der Waals surface area contributed by atoms with Crippen LogP contribution in [0.2, 0.25) is 5.02 Å². The largest absolute Gasteiger partial charge is 0.410 e. The zero-order valence-electron chi connectivity index (χ0n) is 9.64. The Labute approximate surface area is 123 Å². The molecule has 1 N–H and O–H groups in total. The first-order valence-electron chi connectivity index (χ1n) is 5.33. The summed E-state index contributed by atoms with van der Waals surface area (Å²) >= 11 is 9.12. The Kier molecular flexibility index (Phi) is 4.20. The van der Waals surface area contributed by atoms with Crippen LogP contribution in [0.25, 0.3) is 5.57 Å². The molecule has 0 heterocycles. The number of oxime groups is 1. The highest BCUT2D eigenvalue weighted by molar-refractivity contribution is 9.12. The molecule has 0 aliphatic heterocycles. The monoisotopic (exact) mass is 334 g/mol. The van der Waals surface area contributed by atoms with E-state index in [1.54, 1.807) is 42.5 Å².